The predicted octanol–water partition coefficient (Wildman–Crippen LogP) is 3.06. The molecule has 0 radical (unpaired) electrons. The van der Waals surface area contributed by atoms with Gasteiger partial charge in [0.15, 0.2) is 0 Å². The summed E-state index contributed by atoms with van der Waals surface area (Å²) in [6, 6.07) is 1.70. The molecule has 2 amide bonds. The number of urea groups is 1. The van der Waals surface area contributed by atoms with Crippen molar-refractivity contribution >= 4 is 23.2 Å². The van der Waals surface area contributed by atoms with E-state index < -0.39 is 0 Å². The number of hydrogen-bond acceptors (Lipinski definition) is 4. The second-order valence-corrected chi connectivity index (χ2v) is 6.35. The number of anilines is 1. The molecule has 0 spiro atoms. The predicted molar refractivity (Wildman–Crippen MR) is 89.5 cm³/mol. The lowest BCUT2D eigenvalue weighted by molar-refractivity contribution is 0.251. The highest BCUT2D eigenvalue weighted by Crippen LogP contribution is 2.19. The Labute approximate surface area is 135 Å². The molecular weight excluding hydrogens is 298 g/mol. The van der Waals surface area contributed by atoms with Crippen LogP contribution in [-0.4, -0.2) is 27.3 Å². The van der Waals surface area contributed by atoms with Crippen LogP contribution in [0.2, 0.25) is 0 Å². The minimum absolute atomic E-state index is 0.201. The monoisotopic (exact) mass is 321 g/mol. The van der Waals surface area contributed by atoms with Crippen LogP contribution in [0.3, 0.4) is 0 Å². The van der Waals surface area contributed by atoms with Crippen LogP contribution in [0.25, 0.3) is 0 Å². The van der Waals surface area contributed by atoms with Gasteiger partial charge in [-0.15, -0.1) is 11.3 Å². The standard InChI is InChI=1S/C15H23N5OS/c1-5-6-12-7-13(20(4)19-12)18-15(21)16-8-10(2)14-17-11(3)9-22-14/h7,9-10H,5-6,8H2,1-4H3,(H2,16,18,21). The average Bonchev–Trinajstić information content (AvgIpc) is 3.04. The molecule has 0 aromatic carbocycles. The van der Waals surface area contributed by atoms with Gasteiger partial charge < -0.3 is 5.32 Å². The van der Waals surface area contributed by atoms with Gasteiger partial charge >= 0.3 is 6.03 Å². The smallest absolute Gasteiger partial charge is 0.320 e. The Kier molecular flexibility index (Phi) is 5.54. The van der Waals surface area contributed by atoms with E-state index in [1.807, 2.05) is 25.4 Å². The first kappa shape index (κ1) is 16.5. The van der Waals surface area contributed by atoms with Gasteiger partial charge in [0.2, 0.25) is 0 Å². The Morgan fingerprint density at radius 3 is 2.91 bits per heavy atom. The van der Waals surface area contributed by atoms with E-state index in [9.17, 15) is 4.79 Å². The normalized spacial score (nSPS) is 12.2. The lowest BCUT2D eigenvalue weighted by Crippen LogP contribution is -2.32. The molecule has 2 heterocycles. The Morgan fingerprint density at radius 1 is 1.50 bits per heavy atom. The summed E-state index contributed by atoms with van der Waals surface area (Å²) < 4.78 is 1.69. The van der Waals surface area contributed by atoms with Crippen molar-refractivity contribution in [3.05, 3.63) is 27.8 Å². The van der Waals surface area contributed by atoms with Crippen molar-refractivity contribution in [3.63, 3.8) is 0 Å². The number of amides is 2. The molecule has 0 aliphatic carbocycles. The van der Waals surface area contributed by atoms with E-state index in [0.717, 1.165) is 29.2 Å². The van der Waals surface area contributed by atoms with Crippen LogP contribution in [0, 0.1) is 6.92 Å². The van der Waals surface area contributed by atoms with Crippen LogP contribution in [0.1, 0.15) is 42.6 Å². The SMILES string of the molecule is CCCc1cc(NC(=O)NCC(C)c2nc(C)cs2)n(C)n1. The number of carbonyl (C=O) groups excluding carboxylic acids is 1. The van der Waals surface area contributed by atoms with Crippen LogP contribution in [-0.2, 0) is 13.5 Å². The third-order valence-electron chi connectivity index (χ3n) is 3.31. The Morgan fingerprint density at radius 2 is 2.27 bits per heavy atom. The van der Waals surface area contributed by atoms with E-state index in [4.69, 9.17) is 0 Å². The van der Waals surface area contributed by atoms with Crippen LogP contribution < -0.4 is 10.6 Å². The number of nitrogens with one attached hydrogen (secondary N) is 2. The summed E-state index contributed by atoms with van der Waals surface area (Å²) >= 11 is 1.63. The number of carbonyl (C=O) groups is 1. The van der Waals surface area contributed by atoms with Crippen molar-refractivity contribution in [2.45, 2.75) is 39.5 Å². The van der Waals surface area contributed by atoms with E-state index in [1.165, 1.54) is 0 Å². The highest BCUT2D eigenvalue weighted by atomic mass is 32.1. The van der Waals surface area contributed by atoms with Crippen molar-refractivity contribution in [2.75, 3.05) is 11.9 Å². The third kappa shape index (κ3) is 4.30. The van der Waals surface area contributed by atoms with Gasteiger partial charge in [-0.2, -0.15) is 5.10 Å². The fraction of sp³-hybridized carbons (Fsp3) is 0.533. The minimum atomic E-state index is -0.217. The molecule has 120 valence electrons. The molecule has 7 heteroatoms. The largest absolute Gasteiger partial charge is 0.337 e. The fourth-order valence-corrected chi connectivity index (χ4v) is 2.97. The topological polar surface area (TPSA) is 71.8 Å². The number of aromatic nitrogens is 3. The van der Waals surface area contributed by atoms with Gasteiger partial charge in [-0.25, -0.2) is 9.78 Å². The van der Waals surface area contributed by atoms with Crippen LogP contribution in [0.15, 0.2) is 11.4 Å². The van der Waals surface area contributed by atoms with Crippen molar-refractivity contribution in [3.8, 4) is 0 Å². The zero-order valence-corrected chi connectivity index (χ0v) is 14.3. The minimum Gasteiger partial charge on any atom is -0.337 e. The molecule has 0 aliphatic rings. The number of nitrogens with zero attached hydrogens (tertiary/aromatic N) is 3. The summed E-state index contributed by atoms with van der Waals surface area (Å²) in [5.41, 5.74) is 2.02. The molecule has 0 fully saturated rings. The molecule has 0 aliphatic heterocycles. The van der Waals surface area contributed by atoms with Gasteiger partial charge in [0, 0.05) is 36.7 Å². The van der Waals surface area contributed by atoms with Crippen molar-refractivity contribution < 1.29 is 4.79 Å². The molecule has 6 nitrogen and oxygen atoms in total. The Hall–Kier alpha value is -1.89. The van der Waals surface area contributed by atoms with Gasteiger partial charge in [-0.05, 0) is 13.3 Å². The maximum atomic E-state index is 12.0. The molecule has 2 rings (SSSR count). The highest BCUT2D eigenvalue weighted by molar-refractivity contribution is 7.09. The Balaban J connectivity index is 1.85. The summed E-state index contributed by atoms with van der Waals surface area (Å²) in [6.07, 6.45) is 1.95. The molecule has 0 bridgehead atoms. The Bertz CT molecular complexity index is 634. The van der Waals surface area contributed by atoms with Gasteiger partial charge in [0.05, 0.1) is 10.7 Å². The van der Waals surface area contributed by atoms with E-state index in [-0.39, 0.29) is 11.9 Å². The molecule has 1 unspecified atom stereocenters. The van der Waals surface area contributed by atoms with Crippen LogP contribution >= 0.6 is 11.3 Å². The van der Waals surface area contributed by atoms with Gasteiger partial charge in [0.25, 0.3) is 0 Å². The molecule has 1 atom stereocenters. The molecule has 22 heavy (non-hydrogen) atoms. The van der Waals surface area contributed by atoms with E-state index in [1.54, 1.807) is 16.0 Å². The first-order chi connectivity index (χ1) is 10.5. The van der Waals surface area contributed by atoms with Crippen LogP contribution in [0.4, 0.5) is 10.6 Å². The average molecular weight is 321 g/mol. The van der Waals surface area contributed by atoms with Crippen molar-refractivity contribution in [1.82, 2.24) is 20.1 Å². The molecule has 2 N–H and O–H groups in total. The van der Waals surface area contributed by atoms with E-state index in [0.29, 0.717) is 12.4 Å². The zero-order chi connectivity index (χ0) is 16.1. The lowest BCUT2D eigenvalue weighted by Gasteiger charge is -2.11. The zero-order valence-electron chi connectivity index (χ0n) is 13.5. The number of aryl methyl sites for hydroxylation is 3. The molecular formula is C15H23N5OS. The second-order valence-electron chi connectivity index (χ2n) is 5.46. The molecule has 0 saturated carbocycles. The van der Waals surface area contributed by atoms with E-state index >= 15 is 0 Å². The summed E-state index contributed by atoms with van der Waals surface area (Å²) in [4.78, 5) is 16.4. The summed E-state index contributed by atoms with van der Waals surface area (Å²) in [5.74, 6) is 0.908. The first-order valence-corrected chi connectivity index (χ1v) is 8.37. The maximum Gasteiger partial charge on any atom is 0.320 e. The van der Waals surface area contributed by atoms with Crippen LogP contribution in [0.5, 0.6) is 0 Å². The quantitative estimate of drug-likeness (QED) is 0.859. The lowest BCUT2D eigenvalue weighted by atomic mass is 10.2. The fourth-order valence-electron chi connectivity index (χ4n) is 2.11. The van der Waals surface area contributed by atoms with Crippen molar-refractivity contribution in [2.24, 2.45) is 7.05 Å². The number of thiazole rings is 1. The maximum absolute atomic E-state index is 12.0. The summed E-state index contributed by atoms with van der Waals surface area (Å²) in [6.45, 7) is 6.69. The second kappa shape index (κ2) is 7.40. The first-order valence-electron chi connectivity index (χ1n) is 7.49. The molecule has 0 saturated heterocycles. The van der Waals surface area contributed by atoms with Gasteiger partial charge in [-0.3, -0.25) is 10.00 Å². The number of hydrogen-bond donors (Lipinski definition) is 2. The molecule has 2 aromatic rings. The third-order valence-corrected chi connectivity index (χ3v) is 4.50. The summed E-state index contributed by atoms with van der Waals surface area (Å²) in [7, 11) is 1.83. The number of rotatable bonds is 6. The van der Waals surface area contributed by atoms with Gasteiger partial charge in [-0.1, -0.05) is 20.3 Å². The van der Waals surface area contributed by atoms with Gasteiger partial charge in [0.1, 0.15) is 5.82 Å². The van der Waals surface area contributed by atoms with E-state index in [2.05, 4.69) is 34.6 Å². The van der Waals surface area contributed by atoms with Crippen molar-refractivity contribution in [1.29, 1.82) is 0 Å². The molecule has 2 aromatic heterocycles. The highest BCUT2D eigenvalue weighted by Gasteiger charge is 2.12. The summed E-state index contributed by atoms with van der Waals surface area (Å²) in [5, 5.41) is 13.2.